The van der Waals surface area contributed by atoms with Gasteiger partial charge in [0.05, 0.1) is 4.92 Å². The molecule has 1 saturated heterocycles. The van der Waals surface area contributed by atoms with Gasteiger partial charge in [-0.15, -0.1) is 0 Å². The van der Waals surface area contributed by atoms with E-state index in [4.69, 9.17) is 4.74 Å². The second kappa shape index (κ2) is 5.26. The van der Waals surface area contributed by atoms with E-state index in [0.29, 0.717) is 13.0 Å². The van der Waals surface area contributed by atoms with Gasteiger partial charge >= 0.3 is 5.69 Å². The first-order valence-corrected chi connectivity index (χ1v) is 5.59. The molecule has 0 spiro atoms. The third-order valence-corrected chi connectivity index (χ3v) is 2.76. The molecule has 1 heterocycles. The van der Waals surface area contributed by atoms with E-state index in [-0.39, 0.29) is 6.10 Å². The van der Waals surface area contributed by atoms with Gasteiger partial charge in [-0.1, -0.05) is 0 Å². The van der Waals surface area contributed by atoms with E-state index in [1.165, 1.54) is 0 Å². The van der Waals surface area contributed by atoms with Crippen molar-refractivity contribution in [2.75, 3.05) is 13.1 Å². The van der Waals surface area contributed by atoms with Crippen molar-refractivity contribution >= 4 is 5.69 Å². The summed E-state index contributed by atoms with van der Waals surface area (Å²) in [6.45, 7) is 1.29. The zero-order valence-electron chi connectivity index (χ0n) is 9.49. The summed E-state index contributed by atoms with van der Waals surface area (Å²) in [5.41, 5.74) is -0.556. The standard InChI is InChI=1S/C11H12F2N2O3/c12-8-3-4-9(15(16)17)11(10(8)13)18-7-2-1-5-14-6-7/h3-4,7,14H,1-2,5-6H2/t7-/m0/s1. The number of piperidine rings is 1. The zero-order chi connectivity index (χ0) is 13.1. The van der Waals surface area contributed by atoms with Gasteiger partial charge < -0.3 is 10.1 Å². The maximum absolute atomic E-state index is 13.6. The van der Waals surface area contributed by atoms with Crippen LogP contribution in [0.5, 0.6) is 5.75 Å². The van der Waals surface area contributed by atoms with Gasteiger partial charge in [-0.3, -0.25) is 10.1 Å². The fourth-order valence-electron chi connectivity index (χ4n) is 1.86. The Kier molecular flexibility index (Phi) is 3.71. The molecular formula is C11H12F2N2O3. The molecule has 18 heavy (non-hydrogen) atoms. The van der Waals surface area contributed by atoms with Crippen LogP contribution in [0.3, 0.4) is 0 Å². The molecule has 0 aromatic heterocycles. The van der Waals surface area contributed by atoms with Crippen LogP contribution in [0, 0.1) is 21.7 Å². The van der Waals surface area contributed by atoms with E-state index in [9.17, 15) is 18.9 Å². The highest BCUT2D eigenvalue weighted by Gasteiger charge is 2.26. The number of nitrogens with one attached hydrogen (secondary N) is 1. The second-order valence-corrected chi connectivity index (χ2v) is 4.05. The summed E-state index contributed by atoms with van der Waals surface area (Å²) < 4.78 is 31.9. The van der Waals surface area contributed by atoms with E-state index in [1.807, 2.05) is 0 Å². The van der Waals surface area contributed by atoms with Crippen LogP contribution in [0.4, 0.5) is 14.5 Å². The molecule has 98 valence electrons. The lowest BCUT2D eigenvalue weighted by Gasteiger charge is -2.23. The summed E-state index contributed by atoms with van der Waals surface area (Å²) in [6.07, 6.45) is 1.10. The van der Waals surface area contributed by atoms with E-state index in [2.05, 4.69) is 5.32 Å². The molecule has 1 atom stereocenters. The molecule has 1 aromatic rings. The molecule has 0 saturated carbocycles. The Hall–Kier alpha value is -1.76. The molecule has 0 radical (unpaired) electrons. The van der Waals surface area contributed by atoms with Gasteiger partial charge in [0, 0.05) is 12.6 Å². The Morgan fingerprint density at radius 1 is 1.44 bits per heavy atom. The summed E-state index contributed by atoms with van der Waals surface area (Å²) in [5.74, 6) is -3.08. The minimum Gasteiger partial charge on any atom is -0.480 e. The van der Waals surface area contributed by atoms with Crippen molar-refractivity contribution < 1.29 is 18.4 Å². The third-order valence-electron chi connectivity index (χ3n) is 2.76. The monoisotopic (exact) mass is 258 g/mol. The zero-order valence-corrected chi connectivity index (χ0v) is 9.49. The number of hydrogen-bond donors (Lipinski definition) is 1. The van der Waals surface area contributed by atoms with Gasteiger partial charge in [0.25, 0.3) is 0 Å². The van der Waals surface area contributed by atoms with Crippen LogP contribution >= 0.6 is 0 Å². The molecule has 1 aromatic carbocycles. The predicted molar refractivity (Wildman–Crippen MR) is 59.5 cm³/mol. The summed E-state index contributed by atoms with van der Waals surface area (Å²) in [5, 5.41) is 13.8. The van der Waals surface area contributed by atoms with Crippen LogP contribution in [0.2, 0.25) is 0 Å². The van der Waals surface area contributed by atoms with E-state index < -0.39 is 28.0 Å². The minimum absolute atomic E-state index is 0.381. The molecule has 0 aliphatic carbocycles. The van der Waals surface area contributed by atoms with Crippen LogP contribution in [-0.2, 0) is 0 Å². The smallest absolute Gasteiger partial charge is 0.314 e. The van der Waals surface area contributed by atoms with Crippen molar-refractivity contribution in [3.63, 3.8) is 0 Å². The maximum Gasteiger partial charge on any atom is 0.314 e. The molecular weight excluding hydrogens is 246 g/mol. The lowest BCUT2D eigenvalue weighted by molar-refractivity contribution is -0.386. The average molecular weight is 258 g/mol. The summed E-state index contributed by atoms with van der Waals surface area (Å²) in [7, 11) is 0. The highest BCUT2D eigenvalue weighted by molar-refractivity contribution is 5.47. The van der Waals surface area contributed by atoms with Crippen LogP contribution in [-0.4, -0.2) is 24.1 Å². The molecule has 7 heteroatoms. The van der Waals surface area contributed by atoms with E-state index in [1.54, 1.807) is 0 Å². The molecule has 1 fully saturated rings. The first-order chi connectivity index (χ1) is 8.59. The van der Waals surface area contributed by atoms with E-state index >= 15 is 0 Å². The first kappa shape index (κ1) is 12.7. The van der Waals surface area contributed by atoms with Gasteiger partial charge in [0.2, 0.25) is 11.6 Å². The molecule has 1 N–H and O–H groups in total. The lowest BCUT2D eigenvalue weighted by Crippen LogP contribution is -2.37. The molecule has 0 amide bonds. The van der Waals surface area contributed by atoms with Crippen molar-refractivity contribution in [2.24, 2.45) is 0 Å². The number of nitrogens with zero attached hydrogens (tertiary/aromatic N) is 1. The van der Waals surface area contributed by atoms with Crippen molar-refractivity contribution in [1.82, 2.24) is 5.32 Å². The molecule has 0 unspecified atom stereocenters. The van der Waals surface area contributed by atoms with Gasteiger partial charge in [0.1, 0.15) is 6.10 Å². The van der Waals surface area contributed by atoms with Gasteiger partial charge in [-0.2, -0.15) is 4.39 Å². The SMILES string of the molecule is O=[N+]([O-])c1ccc(F)c(F)c1O[C@H]1CCCNC1. The van der Waals surface area contributed by atoms with Gasteiger partial charge in [-0.05, 0) is 25.5 Å². The number of nitro benzene ring substituents is 1. The quantitative estimate of drug-likeness (QED) is 0.665. The molecule has 5 nitrogen and oxygen atoms in total. The normalized spacial score (nSPS) is 19.6. The van der Waals surface area contributed by atoms with E-state index in [0.717, 1.165) is 25.1 Å². The fraction of sp³-hybridized carbons (Fsp3) is 0.455. The Morgan fingerprint density at radius 2 is 2.22 bits per heavy atom. The Bertz CT molecular complexity index is 462. The van der Waals surface area contributed by atoms with Gasteiger partial charge in [0.15, 0.2) is 5.82 Å². The third kappa shape index (κ3) is 2.56. The Morgan fingerprint density at radius 3 is 2.83 bits per heavy atom. The average Bonchev–Trinajstić information content (AvgIpc) is 2.36. The molecule has 2 rings (SSSR count). The first-order valence-electron chi connectivity index (χ1n) is 5.59. The van der Waals surface area contributed by atoms with Crippen LogP contribution in [0.1, 0.15) is 12.8 Å². The number of nitro groups is 1. The van der Waals surface area contributed by atoms with Crippen molar-refractivity contribution in [3.05, 3.63) is 33.9 Å². The van der Waals surface area contributed by atoms with Crippen molar-refractivity contribution in [1.29, 1.82) is 0 Å². The number of ether oxygens (including phenoxy) is 1. The Labute approximate surface area is 102 Å². The lowest BCUT2D eigenvalue weighted by atomic mass is 10.1. The predicted octanol–water partition coefficient (Wildman–Crippen LogP) is 2.00. The summed E-state index contributed by atoms with van der Waals surface area (Å²) in [6, 6.07) is 1.63. The molecule has 1 aliphatic rings. The van der Waals surface area contributed by atoms with Crippen molar-refractivity contribution in [3.8, 4) is 5.75 Å². The van der Waals surface area contributed by atoms with Crippen molar-refractivity contribution in [2.45, 2.75) is 18.9 Å². The molecule has 1 aliphatic heterocycles. The van der Waals surface area contributed by atoms with Gasteiger partial charge in [-0.25, -0.2) is 4.39 Å². The largest absolute Gasteiger partial charge is 0.480 e. The second-order valence-electron chi connectivity index (χ2n) is 4.05. The Balaban J connectivity index is 2.29. The van der Waals surface area contributed by atoms with Crippen LogP contribution in [0.25, 0.3) is 0 Å². The summed E-state index contributed by atoms with van der Waals surface area (Å²) in [4.78, 5) is 9.96. The number of rotatable bonds is 3. The maximum atomic E-state index is 13.6. The minimum atomic E-state index is -1.31. The number of halogens is 2. The number of hydrogen-bond acceptors (Lipinski definition) is 4. The fourth-order valence-corrected chi connectivity index (χ4v) is 1.86. The van der Waals surface area contributed by atoms with Crippen LogP contribution in [0.15, 0.2) is 12.1 Å². The highest BCUT2D eigenvalue weighted by Crippen LogP contribution is 2.32. The number of benzene rings is 1. The topological polar surface area (TPSA) is 64.4 Å². The molecule has 0 bridgehead atoms. The highest BCUT2D eigenvalue weighted by atomic mass is 19.2. The van der Waals surface area contributed by atoms with Crippen LogP contribution < -0.4 is 10.1 Å². The summed E-state index contributed by atoms with van der Waals surface area (Å²) >= 11 is 0.